The lowest BCUT2D eigenvalue weighted by atomic mass is 10.2. The number of aliphatic imine (C=N–C) groups is 1. The Bertz CT molecular complexity index is 705. The Morgan fingerprint density at radius 2 is 1.89 bits per heavy atom. The number of pyridine rings is 1. The highest BCUT2D eigenvalue weighted by atomic mass is 19.1. The van der Waals surface area contributed by atoms with Gasteiger partial charge in [0.05, 0.1) is 13.2 Å². The van der Waals surface area contributed by atoms with E-state index in [4.69, 9.17) is 9.47 Å². The van der Waals surface area contributed by atoms with E-state index in [0.717, 1.165) is 23.6 Å². The smallest absolute Gasteiger partial charge is 0.213 e. The van der Waals surface area contributed by atoms with Crippen LogP contribution in [-0.4, -0.2) is 49.8 Å². The Labute approximate surface area is 160 Å². The molecule has 2 rings (SSSR count). The van der Waals surface area contributed by atoms with Crippen molar-refractivity contribution < 1.29 is 13.9 Å². The van der Waals surface area contributed by atoms with Crippen LogP contribution in [0.3, 0.4) is 0 Å². The molecule has 0 aliphatic carbocycles. The monoisotopic (exact) mass is 374 g/mol. The third-order valence-corrected chi connectivity index (χ3v) is 3.78. The average molecular weight is 374 g/mol. The number of hydrogen-bond donors (Lipinski definition) is 1. The lowest BCUT2D eigenvalue weighted by Gasteiger charge is -2.22. The molecule has 0 bridgehead atoms. The molecule has 1 aromatic carbocycles. The van der Waals surface area contributed by atoms with Crippen molar-refractivity contribution in [1.29, 1.82) is 0 Å². The highest BCUT2D eigenvalue weighted by molar-refractivity contribution is 5.79. The zero-order valence-electron chi connectivity index (χ0n) is 16.1. The minimum atomic E-state index is -0.232. The van der Waals surface area contributed by atoms with Crippen molar-refractivity contribution in [3.8, 4) is 5.88 Å². The molecule has 0 radical (unpaired) electrons. The first-order valence-corrected chi connectivity index (χ1v) is 8.93. The number of nitrogens with one attached hydrogen (secondary N) is 1. The summed E-state index contributed by atoms with van der Waals surface area (Å²) in [7, 11) is 3.59. The van der Waals surface area contributed by atoms with Crippen molar-refractivity contribution in [2.24, 2.45) is 4.99 Å². The molecule has 27 heavy (non-hydrogen) atoms. The van der Waals surface area contributed by atoms with Crippen molar-refractivity contribution >= 4 is 5.96 Å². The summed E-state index contributed by atoms with van der Waals surface area (Å²) in [6.07, 6.45) is 1.76. The molecule has 6 nitrogen and oxygen atoms in total. The Hall–Kier alpha value is -2.67. The first-order chi connectivity index (χ1) is 13.1. The number of rotatable bonds is 9. The first kappa shape index (κ1) is 20.6. The zero-order chi connectivity index (χ0) is 19.5. The molecule has 1 heterocycles. The second kappa shape index (κ2) is 11.1. The van der Waals surface area contributed by atoms with E-state index in [1.165, 1.54) is 12.1 Å². The van der Waals surface area contributed by atoms with Gasteiger partial charge < -0.3 is 19.7 Å². The minimum Gasteiger partial charge on any atom is -0.475 e. The summed E-state index contributed by atoms with van der Waals surface area (Å²) in [5.41, 5.74) is 2.00. The van der Waals surface area contributed by atoms with Gasteiger partial charge in [0, 0.05) is 39.5 Å². The zero-order valence-corrected chi connectivity index (χ0v) is 16.1. The highest BCUT2D eigenvalue weighted by Crippen LogP contribution is 2.10. The van der Waals surface area contributed by atoms with Gasteiger partial charge in [-0.15, -0.1) is 0 Å². The van der Waals surface area contributed by atoms with Crippen LogP contribution in [0.25, 0.3) is 0 Å². The van der Waals surface area contributed by atoms with E-state index >= 15 is 0 Å². The minimum absolute atomic E-state index is 0.232. The normalized spacial score (nSPS) is 11.3. The molecular formula is C20H27FN4O2. The van der Waals surface area contributed by atoms with E-state index in [-0.39, 0.29) is 5.82 Å². The van der Waals surface area contributed by atoms with E-state index in [0.29, 0.717) is 32.2 Å². The molecule has 1 aromatic heterocycles. The van der Waals surface area contributed by atoms with Crippen LogP contribution in [0.4, 0.5) is 4.39 Å². The predicted octanol–water partition coefficient (Wildman–Crippen LogP) is 2.84. The molecule has 146 valence electrons. The van der Waals surface area contributed by atoms with Gasteiger partial charge in [-0.3, -0.25) is 0 Å². The fourth-order valence-electron chi connectivity index (χ4n) is 2.39. The number of hydrogen-bond acceptors (Lipinski definition) is 4. The van der Waals surface area contributed by atoms with Crippen molar-refractivity contribution in [3.05, 3.63) is 59.5 Å². The van der Waals surface area contributed by atoms with Gasteiger partial charge in [0.25, 0.3) is 0 Å². The van der Waals surface area contributed by atoms with Gasteiger partial charge in [-0.1, -0.05) is 18.2 Å². The molecule has 0 spiro atoms. The van der Waals surface area contributed by atoms with Crippen LogP contribution in [0.1, 0.15) is 18.1 Å². The second-order valence-corrected chi connectivity index (χ2v) is 6.00. The van der Waals surface area contributed by atoms with Gasteiger partial charge in [0.2, 0.25) is 5.88 Å². The summed E-state index contributed by atoms with van der Waals surface area (Å²) in [4.78, 5) is 10.9. The quantitative estimate of drug-likeness (QED) is 0.416. The lowest BCUT2D eigenvalue weighted by molar-refractivity contribution is 0.143. The van der Waals surface area contributed by atoms with Gasteiger partial charge in [-0.25, -0.2) is 14.4 Å². The summed E-state index contributed by atoms with van der Waals surface area (Å²) in [5.74, 6) is 1.12. The lowest BCUT2D eigenvalue weighted by Crippen LogP contribution is -2.38. The van der Waals surface area contributed by atoms with Crippen molar-refractivity contribution in [2.75, 3.05) is 33.9 Å². The molecule has 0 atom stereocenters. The number of ether oxygens (including phenoxy) is 2. The molecule has 0 aliphatic rings. The largest absolute Gasteiger partial charge is 0.475 e. The van der Waals surface area contributed by atoms with E-state index in [1.54, 1.807) is 25.4 Å². The van der Waals surface area contributed by atoms with E-state index < -0.39 is 0 Å². The topological polar surface area (TPSA) is 59.0 Å². The highest BCUT2D eigenvalue weighted by Gasteiger charge is 2.07. The Morgan fingerprint density at radius 1 is 1.15 bits per heavy atom. The van der Waals surface area contributed by atoms with Gasteiger partial charge in [-0.2, -0.15) is 0 Å². The summed E-state index contributed by atoms with van der Waals surface area (Å²) in [6, 6.07) is 10.3. The maximum absolute atomic E-state index is 13.1. The van der Waals surface area contributed by atoms with E-state index in [9.17, 15) is 4.39 Å². The van der Waals surface area contributed by atoms with Crippen LogP contribution in [0.2, 0.25) is 0 Å². The third kappa shape index (κ3) is 7.22. The molecule has 0 amide bonds. The van der Waals surface area contributed by atoms with Gasteiger partial charge in [0.1, 0.15) is 12.4 Å². The van der Waals surface area contributed by atoms with E-state index in [1.807, 2.05) is 31.0 Å². The predicted molar refractivity (Wildman–Crippen MR) is 104 cm³/mol. The fourth-order valence-corrected chi connectivity index (χ4v) is 2.39. The maximum atomic E-state index is 13.1. The maximum Gasteiger partial charge on any atom is 0.213 e. The summed E-state index contributed by atoms with van der Waals surface area (Å²) in [6.45, 7) is 4.92. The second-order valence-electron chi connectivity index (χ2n) is 6.00. The standard InChI is InChI=1S/C20H27FN4O2/c1-4-22-20(25(2)15-16-5-8-18(21)9-6-16)24-14-17-7-10-19(23-13-17)27-12-11-26-3/h5-10,13H,4,11-12,14-15H2,1-3H3,(H,22,24). The Morgan fingerprint density at radius 3 is 2.52 bits per heavy atom. The molecule has 1 N–H and O–H groups in total. The number of halogens is 1. The number of benzene rings is 1. The summed E-state index contributed by atoms with van der Waals surface area (Å²) < 4.78 is 23.5. The first-order valence-electron chi connectivity index (χ1n) is 8.93. The van der Waals surface area contributed by atoms with Crippen LogP contribution in [0.15, 0.2) is 47.6 Å². The molecule has 0 fully saturated rings. The molecule has 2 aromatic rings. The Balaban J connectivity index is 1.96. The Kier molecular flexibility index (Phi) is 8.51. The molecule has 0 saturated heterocycles. The number of aromatic nitrogens is 1. The van der Waals surface area contributed by atoms with E-state index in [2.05, 4.69) is 15.3 Å². The van der Waals surface area contributed by atoms with Crippen LogP contribution < -0.4 is 10.1 Å². The molecule has 0 saturated carbocycles. The SMILES string of the molecule is CCNC(=NCc1ccc(OCCOC)nc1)N(C)Cc1ccc(F)cc1. The molecule has 0 unspecified atom stereocenters. The number of methoxy groups -OCH3 is 1. The van der Waals surface area contributed by atoms with Crippen LogP contribution >= 0.6 is 0 Å². The third-order valence-electron chi connectivity index (χ3n) is 3.78. The van der Waals surface area contributed by atoms with Crippen molar-refractivity contribution in [2.45, 2.75) is 20.0 Å². The fraction of sp³-hybridized carbons (Fsp3) is 0.400. The molecule has 0 aliphatic heterocycles. The van der Waals surface area contributed by atoms with Crippen molar-refractivity contribution in [3.63, 3.8) is 0 Å². The van der Waals surface area contributed by atoms with Crippen LogP contribution in [-0.2, 0) is 17.8 Å². The average Bonchev–Trinajstić information content (AvgIpc) is 2.68. The number of guanidine groups is 1. The van der Waals surface area contributed by atoms with Crippen molar-refractivity contribution in [1.82, 2.24) is 15.2 Å². The van der Waals surface area contributed by atoms with Crippen LogP contribution in [0.5, 0.6) is 5.88 Å². The molecular weight excluding hydrogens is 347 g/mol. The summed E-state index contributed by atoms with van der Waals surface area (Å²) >= 11 is 0. The van der Waals surface area contributed by atoms with Gasteiger partial charge in [0.15, 0.2) is 5.96 Å². The number of nitrogens with zero attached hydrogens (tertiary/aromatic N) is 3. The molecule has 7 heteroatoms. The van der Waals surface area contributed by atoms with Gasteiger partial charge in [-0.05, 0) is 30.2 Å². The summed E-state index contributed by atoms with van der Waals surface area (Å²) in [5, 5.41) is 3.27. The van der Waals surface area contributed by atoms with Crippen LogP contribution in [0, 0.1) is 5.82 Å². The van der Waals surface area contributed by atoms with Gasteiger partial charge >= 0.3 is 0 Å².